The van der Waals surface area contributed by atoms with Crippen molar-refractivity contribution in [3.05, 3.63) is 23.4 Å². The SMILES string of the molecule is CCCN(CC(F)(F)F)c1cc(CNC)cc(C(C)C)n1. The van der Waals surface area contributed by atoms with E-state index in [-0.39, 0.29) is 5.92 Å². The third-order valence-corrected chi connectivity index (χ3v) is 3.05. The molecule has 0 amide bonds. The van der Waals surface area contributed by atoms with Crippen molar-refractivity contribution >= 4 is 5.82 Å². The van der Waals surface area contributed by atoms with Crippen LogP contribution in [0.4, 0.5) is 19.0 Å². The van der Waals surface area contributed by atoms with Crippen LogP contribution < -0.4 is 10.2 Å². The zero-order valence-electron chi connectivity index (χ0n) is 13.1. The van der Waals surface area contributed by atoms with Gasteiger partial charge in [-0.05, 0) is 37.1 Å². The highest BCUT2D eigenvalue weighted by Crippen LogP contribution is 2.24. The first-order chi connectivity index (χ1) is 9.76. The number of aromatic nitrogens is 1. The lowest BCUT2D eigenvalue weighted by Crippen LogP contribution is -2.35. The molecule has 0 atom stereocenters. The molecular formula is C15H24F3N3. The van der Waals surface area contributed by atoms with Gasteiger partial charge in [-0.25, -0.2) is 4.98 Å². The van der Waals surface area contributed by atoms with Crippen molar-refractivity contribution in [2.24, 2.45) is 0 Å². The van der Waals surface area contributed by atoms with Crippen LogP contribution in [0.3, 0.4) is 0 Å². The number of nitrogens with zero attached hydrogens (tertiary/aromatic N) is 2. The molecule has 1 aromatic rings. The van der Waals surface area contributed by atoms with E-state index >= 15 is 0 Å². The molecule has 0 saturated heterocycles. The van der Waals surface area contributed by atoms with Crippen molar-refractivity contribution in [1.82, 2.24) is 10.3 Å². The van der Waals surface area contributed by atoms with E-state index in [4.69, 9.17) is 0 Å². The van der Waals surface area contributed by atoms with E-state index in [0.717, 1.165) is 11.3 Å². The number of pyridine rings is 1. The summed E-state index contributed by atoms with van der Waals surface area (Å²) in [7, 11) is 1.81. The Morgan fingerprint density at radius 3 is 2.43 bits per heavy atom. The summed E-state index contributed by atoms with van der Waals surface area (Å²) >= 11 is 0. The van der Waals surface area contributed by atoms with E-state index in [0.29, 0.717) is 25.3 Å². The number of hydrogen-bond donors (Lipinski definition) is 1. The van der Waals surface area contributed by atoms with Gasteiger partial charge in [0.05, 0.1) is 0 Å². The fraction of sp³-hybridized carbons (Fsp3) is 0.667. The van der Waals surface area contributed by atoms with E-state index in [1.54, 1.807) is 6.07 Å². The van der Waals surface area contributed by atoms with E-state index in [9.17, 15) is 13.2 Å². The van der Waals surface area contributed by atoms with Crippen LogP contribution >= 0.6 is 0 Å². The molecule has 1 N–H and O–H groups in total. The summed E-state index contributed by atoms with van der Waals surface area (Å²) < 4.78 is 38.2. The average Bonchev–Trinajstić information content (AvgIpc) is 2.36. The standard InChI is InChI=1S/C15H24F3N3/c1-5-6-21(10-15(16,17)18)14-8-12(9-19-4)7-13(20-14)11(2)3/h7-8,11,19H,5-6,9-10H2,1-4H3. The number of anilines is 1. The molecule has 6 heteroatoms. The fourth-order valence-electron chi connectivity index (χ4n) is 2.12. The Morgan fingerprint density at radius 1 is 1.29 bits per heavy atom. The predicted molar refractivity (Wildman–Crippen MR) is 79.6 cm³/mol. The molecule has 0 unspecified atom stereocenters. The van der Waals surface area contributed by atoms with E-state index in [2.05, 4.69) is 10.3 Å². The van der Waals surface area contributed by atoms with E-state index in [1.165, 1.54) is 4.90 Å². The topological polar surface area (TPSA) is 28.2 Å². The van der Waals surface area contributed by atoms with Crippen molar-refractivity contribution in [1.29, 1.82) is 0 Å². The number of nitrogens with one attached hydrogen (secondary N) is 1. The molecule has 0 aliphatic carbocycles. The van der Waals surface area contributed by atoms with Crippen LogP contribution in [0.15, 0.2) is 12.1 Å². The van der Waals surface area contributed by atoms with Crippen molar-refractivity contribution in [3.63, 3.8) is 0 Å². The lowest BCUT2D eigenvalue weighted by molar-refractivity contribution is -0.119. The summed E-state index contributed by atoms with van der Waals surface area (Å²) in [4.78, 5) is 5.73. The average molecular weight is 303 g/mol. The second-order valence-electron chi connectivity index (χ2n) is 5.48. The number of halogens is 3. The fourth-order valence-corrected chi connectivity index (χ4v) is 2.12. The molecule has 1 aromatic heterocycles. The Labute approximate surface area is 124 Å². The van der Waals surface area contributed by atoms with Gasteiger partial charge in [0.2, 0.25) is 0 Å². The quantitative estimate of drug-likeness (QED) is 0.832. The molecule has 1 heterocycles. The van der Waals surface area contributed by atoms with E-state index in [1.807, 2.05) is 33.9 Å². The third-order valence-electron chi connectivity index (χ3n) is 3.05. The minimum atomic E-state index is -4.23. The van der Waals surface area contributed by atoms with Gasteiger partial charge in [-0.3, -0.25) is 0 Å². The predicted octanol–water partition coefficient (Wildman–Crippen LogP) is 3.70. The highest BCUT2D eigenvalue weighted by Gasteiger charge is 2.31. The summed E-state index contributed by atoms with van der Waals surface area (Å²) in [6, 6.07) is 3.69. The molecular weight excluding hydrogens is 279 g/mol. The molecule has 0 fully saturated rings. The zero-order chi connectivity index (χ0) is 16.0. The maximum atomic E-state index is 12.7. The molecule has 1 rings (SSSR count). The summed E-state index contributed by atoms with van der Waals surface area (Å²) in [5, 5.41) is 3.03. The van der Waals surface area contributed by atoms with Crippen molar-refractivity contribution in [3.8, 4) is 0 Å². The first-order valence-corrected chi connectivity index (χ1v) is 7.24. The second kappa shape index (κ2) is 7.64. The van der Waals surface area contributed by atoms with Crippen LogP contribution in [-0.4, -0.2) is 31.3 Å². The molecule has 3 nitrogen and oxygen atoms in total. The smallest absolute Gasteiger partial charge is 0.348 e. The van der Waals surface area contributed by atoms with Crippen molar-refractivity contribution in [2.45, 2.75) is 45.8 Å². The number of alkyl halides is 3. The van der Waals surface area contributed by atoms with Gasteiger partial charge in [0.1, 0.15) is 12.4 Å². The minimum absolute atomic E-state index is 0.176. The van der Waals surface area contributed by atoms with Crippen LogP contribution in [0.25, 0.3) is 0 Å². The molecule has 0 aliphatic heterocycles. The van der Waals surface area contributed by atoms with Gasteiger partial charge in [-0.15, -0.1) is 0 Å². The van der Waals surface area contributed by atoms with Crippen LogP contribution in [0.1, 0.15) is 44.4 Å². The Bertz CT molecular complexity index is 444. The van der Waals surface area contributed by atoms with Gasteiger partial charge in [-0.1, -0.05) is 20.8 Å². The zero-order valence-corrected chi connectivity index (χ0v) is 13.1. The number of rotatable bonds is 7. The van der Waals surface area contributed by atoms with Crippen molar-refractivity contribution in [2.75, 3.05) is 25.0 Å². The highest BCUT2D eigenvalue weighted by atomic mass is 19.4. The lowest BCUT2D eigenvalue weighted by Gasteiger charge is -2.26. The van der Waals surface area contributed by atoms with Gasteiger partial charge in [0.25, 0.3) is 0 Å². The second-order valence-corrected chi connectivity index (χ2v) is 5.48. The molecule has 0 aromatic carbocycles. The summed E-state index contributed by atoms with van der Waals surface area (Å²) in [5.41, 5.74) is 1.77. The Balaban J connectivity index is 3.15. The largest absolute Gasteiger partial charge is 0.405 e. The van der Waals surface area contributed by atoms with Gasteiger partial charge in [0.15, 0.2) is 0 Å². The molecule has 120 valence electrons. The van der Waals surface area contributed by atoms with Crippen molar-refractivity contribution < 1.29 is 13.2 Å². The molecule has 0 aliphatic rings. The minimum Gasteiger partial charge on any atom is -0.348 e. The van der Waals surface area contributed by atoms with Gasteiger partial charge >= 0.3 is 6.18 Å². The maximum absolute atomic E-state index is 12.7. The highest BCUT2D eigenvalue weighted by molar-refractivity contribution is 5.43. The first-order valence-electron chi connectivity index (χ1n) is 7.24. The molecule has 0 radical (unpaired) electrons. The number of hydrogen-bond acceptors (Lipinski definition) is 3. The van der Waals surface area contributed by atoms with Gasteiger partial charge < -0.3 is 10.2 Å². The monoisotopic (exact) mass is 303 g/mol. The van der Waals surface area contributed by atoms with E-state index < -0.39 is 12.7 Å². The van der Waals surface area contributed by atoms with Gasteiger partial charge in [0, 0.05) is 18.8 Å². The maximum Gasteiger partial charge on any atom is 0.405 e. The summed E-state index contributed by atoms with van der Waals surface area (Å²) in [6.07, 6.45) is -3.58. The van der Waals surface area contributed by atoms with Crippen LogP contribution in [0, 0.1) is 0 Å². The molecule has 0 saturated carbocycles. The first kappa shape index (κ1) is 17.8. The van der Waals surface area contributed by atoms with Crippen LogP contribution in [0.5, 0.6) is 0 Å². The van der Waals surface area contributed by atoms with Gasteiger partial charge in [-0.2, -0.15) is 13.2 Å². The molecule has 0 spiro atoms. The summed E-state index contributed by atoms with van der Waals surface area (Å²) in [5.74, 6) is 0.584. The molecule has 0 bridgehead atoms. The van der Waals surface area contributed by atoms with Crippen LogP contribution in [0.2, 0.25) is 0 Å². The molecule has 21 heavy (non-hydrogen) atoms. The van der Waals surface area contributed by atoms with Crippen LogP contribution in [-0.2, 0) is 6.54 Å². The Morgan fingerprint density at radius 2 is 1.95 bits per heavy atom. The normalized spacial score (nSPS) is 12.0. The lowest BCUT2D eigenvalue weighted by atomic mass is 10.1. The third kappa shape index (κ3) is 5.91. The Kier molecular flexibility index (Phi) is 6.45. The Hall–Kier alpha value is -1.30. The summed E-state index contributed by atoms with van der Waals surface area (Å²) in [6.45, 7) is 5.83.